The maximum atomic E-state index is 13.1. The molecule has 3 rings (SSSR count). The maximum absolute atomic E-state index is 13.1. The molecule has 0 saturated carbocycles. The molecule has 0 aliphatic carbocycles. The van der Waals surface area contributed by atoms with Crippen molar-refractivity contribution in [2.75, 3.05) is 0 Å². The van der Waals surface area contributed by atoms with Crippen LogP contribution < -0.4 is 9.81 Å². The zero-order valence-electron chi connectivity index (χ0n) is 25.5. The number of hydrogen-bond acceptors (Lipinski definition) is 4. The van der Waals surface area contributed by atoms with Gasteiger partial charge in [-0.15, -0.1) is 0 Å². The Morgan fingerprint density at radius 3 is 0.821 bits per heavy atom. The summed E-state index contributed by atoms with van der Waals surface area (Å²) < 4.78 is 15.4. The van der Waals surface area contributed by atoms with Crippen molar-refractivity contribution in [2.24, 2.45) is 0 Å². The second-order valence-electron chi connectivity index (χ2n) is 13.5. The first-order valence-corrected chi connectivity index (χ1v) is 21.6. The average molecular weight is 727 g/mol. The predicted octanol–water partition coefficient (Wildman–Crippen LogP) is 6.12. The van der Waals surface area contributed by atoms with Gasteiger partial charge in [-0.25, -0.2) is 0 Å². The number of hydrogen-bond donors (Lipinski definition) is 0. The van der Waals surface area contributed by atoms with E-state index >= 15 is 0 Å². The third kappa shape index (κ3) is 5.99. The van der Waals surface area contributed by atoms with Crippen molar-refractivity contribution in [1.29, 1.82) is 0 Å². The molecule has 5 heteroatoms. The molecule has 3 aromatic rings. The Labute approximate surface area is 237 Å². The van der Waals surface area contributed by atoms with Crippen molar-refractivity contribution in [3.05, 3.63) is 89.5 Å². The van der Waals surface area contributed by atoms with Crippen LogP contribution in [0.1, 0.15) is 92.9 Å². The summed E-state index contributed by atoms with van der Waals surface area (Å²) in [6.45, 7) is 22.2. The summed E-state index contributed by atoms with van der Waals surface area (Å²) in [5, 5.41) is 0. The van der Waals surface area contributed by atoms with E-state index in [1.165, 1.54) is 13.8 Å². The first-order valence-electron chi connectivity index (χ1n) is 13.6. The fraction of sp³-hybridized carbons (Fsp3) is 0.412. The Bertz CT molecular complexity index is 1170. The molecular formula is C34H45BiO4. The molecule has 0 heterocycles. The Morgan fingerprint density at radius 2 is 0.667 bits per heavy atom. The third-order valence-corrected chi connectivity index (χ3v) is 26.3. The second-order valence-corrected chi connectivity index (χ2v) is 28.4. The van der Waals surface area contributed by atoms with Gasteiger partial charge in [0.25, 0.3) is 0 Å². The third-order valence-electron chi connectivity index (χ3n) is 7.21. The first kappa shape index (κ1) is 31.0. The quantitative estimate of drug-likeness (QED) is 0.298. The topological polar surface area (TPSA) is 52.6 Å². The summed E-state index contributed by atoms with van der Waals surface area (Å²) in [5.41, 5.74) is 3.19. The molecule has 39 heavy (non-hydrogen) atoms. The molecular weight excluding hydrogens is 681 g/mol. The van der Waals surface area contributed by atoms with E-state index in [0.29, 0.717) is 0 Å². The Kier molecular flexibility index (Phi) is 8.33. The van der Waals surface area contributed by atoms with Crippen LogP contribution in [0.5, 0.6) is 0 Å². The molecule has 0 aliphatic rings. The molecule has 3 aromatic carbocycles. The fourth-order valence-electron chi connectivity index (χ4n) is 4.97. The van der Waals surface area contributed by atoms with E-state index in [2.05, 4.69) is 98.7 Å². The van der Waals surface area contributed by atoms with Gasteiger partial charge >= 0.3 is 239 Å². The molecule has 0 radical (unpaired) electrons. The van der Waals surface area contributed by atoms with Crippen LogP contribution in [0.3, 0.4) is 0 Å². The molecule has 210 valence electrons. The number of carbonyl (C=O) groups excluding carboxylic acids is 2. The van der Waals surface area contributed by atoms with E-state index in [9.17, 15) is 9.59 Å². The van der Waals surface area contributed by atoms with Gasteiger partial charge in [0.2, 0.25) is 0 Å². The van der Waals surface area contributed by atoms with Crippen molar-refractivity contribution >= 4 is 41.4 Å². The van der Waals surface area contributed by atoms with Crippen LogP contribution in [-0.2, 0) is 31.5 Å². The summed E-state index contributed by atoms with van der Waals surface area (Å²) in [4.78, 5) is 26.2. The molecule has 4 nitrogen and oxygen atoms in total. The standard InChI is InChI=1S/3C10H13.2C2H4O2.Bi/c3*1-10(2,3)9-7-5-4-6-8-9;2*1-2(3)4;/h3*5-8H,1-3H3;2*1H3,(H,3,4);/q;;;;;+2/p-2. The molecule has 0 unspecified atom stereocenters. The van der Waals surface area contributed by atoms with Gasteiger partial charge in [-0.3, -0.25) is 0 Å². The van der Waals surface area contributed by atoms with Gasteiger partial charge in [0.05, 0.1) is 0 Å². The Hall–Kier alpha value is -2.52. The molecule has 0 bridgehead atoms. The molecule has 0 spiro atoms. The predicted molar refractivity (Wildman–Crippen MR) is 164 cm³/mol. The van der Waals surface area contributed by atoms with Crippen molar-refractivity contribution < 1.29 is 15.2 Å². The fourth-order valence-corrected chi connectivity index (χ4v) is 22.9. The van der Waals surface area contributed by atoms with Crippen molar-refractivity contribution in [2.45, 2.75) is 92.4 Å². The van der Waals surface area contributed by atoms with Gasteiger partial charge < -0.3 is 0 Å². The number of carbonyl (C=O) groups is 2. The molecule has 0 atom stereocenters. The van der Waals surface area contributed by atoms with Crippen molar-refractivity contribution in [3.63, 3.8) is 0 Å². The van der Waals surface area contributed by atoms with E-state index in [4.69, 9.17) is 5.63 Å². The van der Waals surface area contributed by atoms with Crippen LogP contribution in [0.15, 0.2) is 72.8 Å². The van der Waals surface area contributed by atoms with Crippen molar-refractivity contribution in [1.82, 2.24) is 0 Å². The van der Waals surface area contributed by atoms with Crippen molar-refractivity contribution in [3.8, 4) is 0 Å². The summed E-state index contributed by atoms with van der Waals surface area (Å²) in [5.74, 6) is -0.966. The molecule has 0 saturated heterocycles. The van der Waals surface area contributed by atoms with Crippen LogP contribution in [0.2, 0.25) is 0 Å². The molecule has 0 N–H and O–H groups in total. The summed E-state index contributed by atoms with van der Waals surface area (Å²) in [7, 11) is 0. The van der Waals surface area contributed by atoms with Crippen LogP contribution in [-0.4, -0.2) is 31.6 Å². The van der Waals surface area contributed by atoms with E-state index in [-0.39, 0.29) is 16.2 Å². The number of benzene rings is 3. The molecule has 0 fully saturated rings. The van der Waals surface area contributed by atoms with Gasteiger partial charge in [-0.2, -0.15) is 0 Å². The summed E-state index contributed by atoms with van der Waals surface area (Å²) in [6, 6.07) is 24.3. The first-order chi connectivity index (χ1) is 17.8. The summed E-state index contributed by atoms with van der Waals surface area (Å²) in [6.07, 6.45) is 0. The van der Waals surface area contributed by atoms with Gasteiger partial charge in [0.1, 0.15) is 0 Å². The van der Waals surface area contributed by atoms with E-state index in [0.717, 1.165) is 26.5 Å². The normalized spacial score (nSPS) is 13.8. The Balaban J connectivity index is 2.55. The van der Waals surface area contributed by atoms with Gasteiger partial charge in [0.15, 0.2) is 0 Å². The zero-order chi connectivity index (χ0) is 29.5. The monoisotopic (exact) mass is 726 g/mol. The van der Waals surface area contributed by atoms with Gasteiger partial charge in [-0.05, 0) is 0 Å². The minimum atomic E-state index is -5.96. The zero-order valence-corrected chi connectivity index (χ0v) is 29.0. The molecule has 0 aromatic heterocycles. The summed E-state index contributed by atoms with van der Waals surface area (Å²) >= 11 is -5.96. The minimum absolute atomic E-state index is 0.0735. The van der Waals surface area contributed by atoms with E-state index in [1.807, 2.05) is 36.4 Å². The average Bonchev–Trinajstić information content (AvgIpc) is 2.82. The Morgan fingerprint density at radius 1 is 0.462 bits per heavy atom. The SMILES string of the molecule is CC(=O)[O][Bi]([O]C(C)=O)([c]1ccc(C(C)(C)C)cc1)([c]1ccc(C(C)(C)C)cc1)[c]1ccc(C(C)(C)C)cc1. The van der Waals surface area contributed by atoms with Crippen LogP contribution in [0, 0.1) is 0 Å². The van der Waals surface area contributed by atoms with Crippen LogP contribution in [0.25, 0.3) is 0 Å². The van der Waals surface area contributed by atoms with E-state index < -0.39 is 31.6 Å². The van der Waals surface area contributed by atoms with Crippen LogP contribution in [0.4, 0.5) is 0 Å². The molecule has 0 amide bonds. The molecule has 0 aliphatic heterocycles. The second kappa shape index (κ2) is 10.5. The van der Waals surface area contributed by atoms with Gasteiger partial charge in [-0.1, -0.05) is 0 Å². The number of rotatable bonds is 5. The van der Waals surface area contributed by atoms with E-state index in [1.54, 1.807) is 0 Å². The van der Waals surface area contributed by atoms with Gasteiger partial charge in [0, 0.05) is 0 Å². The van der Waals surface area contributed by atoms with Crippen LogP contribution >= 0.6 is 0 Å².